The lowest BCUT2D eigenvalue weighted by Gasteiger charge is -2.31. The Morgan fingerprint density at radius 1 is 1.23 bits per heavy atom. The molecule has 1 aliphatic rings. The number of ketones is 1. The van der Waals surface area contributed by atoms with E-state index in [1.807, 2.05) is 0 Å². The topological polar surface area (TPSA) is 93.4 Å². The van der Waals surface area contributed by atoms with Gasteiger partial charge in [-0.05, 0) is 49.9 Å². The third-order valence-corrected chi connectivity index (χ3v) is 7.27. The Morgan fingerprint density at radius 3 is 2.81 bits per heavy atom. The van der Waals surface area contributed by atoms with Crippen molar-refractivity contribution in [1.82, 2.24) is 14.4 Å². The van der Waals surface area contributed by atoms with Gasteiger partial charge in [0.15, 0.2) is 5.78 Å². The maximum Gasteiger partial charge on any atom is 0.243 e. The number of carbonyl (C=O) groups is 1. The minimum Gasteiger partial charge on any atom is -0.339 e. The SMILES string of the molecule is CC(=O)c1cccc(S(=O)(=O)N2CCC[C@H](Cc3nc(-c4ccccc4F)no3)C2)c1. The van der Waals surface area contributed by atoms with Crippen molar-refractivity contribution in [2.75, 3.05) is 13.1 Å². The predicted octanol–water partition coefficient (Wildman–Crippen LogP) is 3.72. The summed E-state index contributed by atoms with van der Waals surface area (Å²) < 4.78 is 46.9. The minimum atomic E-state index is -3.72. The summed E-state index contributed by atoms with van der Waals surface area (Å²) in [6.45, 7) is 2.13. The van der Waals surface area contributed by atoms with Crippen LogP contribution in [0.2, 0.25) is 0 Å². The number of benzene rings is 2. The summed E-state index contributed by atoms with van der Waals surface area (Å²) in [6.07, 6.45) is 1.92. The van der Waals surface area contributed by atoms with Gasteiger partial charge in [0.1, 0.15) is 5.82 Å². The van der Waals surface area contributed by atoms with Gasteiger partial charge < -0.3 is 4.52 Å². The van der Waals surface area contributed by atoms with E-state index in [9.17, 15) is 17.6 Å². The van der Waals surface area contributed by atoms with Crippen molar-refractivity contribution in [2.45, 2.75) is 31.1 Å². The van der Waals surface area contributed by atoms with E-state index in [0.29, 0.717) is 37.4 Å². The summed E-state index contributed by atoms with van der Waals surface area (Å²) in [5.41, 5.74) is 0.622. The first kappa shape index (κ1) is 21.3. The lowest BCUT2D eigenvalue weighted by atomic mass is 9.96. The summed E-state index contributed by atoms with van der Waals surface area (Å²) in [7, 11) is -3.72. The molecule has 0 bridgehead atoms. The van der Waals surface area contributed by atoms with Crippen LogP contribution >= 0.6 is 0 Å². The van der Waals surface area contributed by atoms with Gasteiger partial charge in [0.05, 0.1) is 10.5 Å². The molecule has 2 heterocycles. The highest BCUT2D eigenvalue weighted by atomic mass is 32.2. The summed E-state index contributed by atoms with van der Waals surface area (Å²) >= 11 is 0. The molecule has 162 valence electrons. The van der Waals surface area contributed by atoms with Gasteiger partial charge in [-0.3, -0.25) is 4.79 Å². The van der Waals surface area contributed by atoms with Gasteiger partial charge in [-0.25, -0.2) is 12.8 Å². The first-order valence-corrected chi connectivity index (χ1v) is 11.5. The van der Waals surface area contributed by atoms with Gasteiger partial charge in [0.2, 0.25) is 21.7 Å². The average Bonchev–Trinajstić information content (AvgIpc) is 3.22. The molecule has 0 aliphatic carbocycles. The number of Topliss-reactive ketones (excluding diaryl/α,β-unsaturated/α-hetero) is 1. The molecular weight excluding hydrogens is 421 g/mol. The van der Waals surface area contributed by atoms with Crippen LogP contribution in [0.15, 0.2) is 57.9 Å². The van der Waals surface area contributed by atoms with Crippen molar-refractivity contribution >= 4 is 15.8 Å². The van der Waals surface area contributed by atoms with Crippen LogP contribution in [-0.2, 0) is 16.4 Å². The molecule has 4 rings (SSSR count). The standard InChI is InChI=1S/C22H22FN3O4S/c1-15(27)17-7-4-8-18(13-17)31(28,29)26-11-5-6-16(14-26)12-21-24-22(25-30-21)19-9-2-3-10-20(19)23/h2-4,7-10,13,16H,5-6,11-12,14H2,1H3/t16-/m1/s1. The van der Waals surface area contributed by atoms with E-state index in [4.69, 9.17) is 4.52 Å². The third-order valence-electron chi connectivity index (χ3n) is 5.41. The Labute approximate surface area is 179 Å². The first-order valence-electron chi connectivity index (χ1n) is 10.0. The predicted molar refractivity (Wildman–Crippen MR) is 111 cm³/mol. The van der Waals surface area contributed by atoms with Gasteiger partial charge in [-0.2, -0.15) is 9.29 Å². The number of hydrogen-bond donors (Lipinski definition) is 0. The molecule has 0 radical (unpaired) electrons. The summed E-state index contributed by atoms with van der Waals surface area (Å²) in [5, 5.41) is 3.86. The fourth-order valence-electron chi connectivity index (χ4n) is 3.77. The molecule has 31 heavy (non-hydrogen) atoms. The molecule has 7 nitrogen and oxygen atoms in total. The van der Waals surface area contributed by atoms with E-state index in [1.54, 1.807) is 30.3 Å². The second-order valence-electron chi connectivity index (χ2n) is 7.65. The highest BCUT2D eigenvalue weighted by Crippen LogP contribution is 2.27. The third kappa shape index (κ3) is 4.57. The normalized spacial score (nSPS) is 17.5. The van der Waals surface area contributed by atoms with Gasteiger partial charge >= 0.3 is 0 Å². The smallest absolute Gasteiger partial charge is 0.243 e. The fraction of sp³-hybridized carbons (Fsp3) is 0.318. The first-order chi connectivity index (χ1) is 14.8. The zero-order chi connectivity index (χ0) is 22.0. The number of hydrogen-bond acceptors (Lipinski definition) is 6. The number of aromatic nitrogens is 2. The van der Waals surface area contributed by atoms with Gasteiger partial charge in [-0.15, -0.1) is 0 Å². The van der Waals surface area contributed by atoms with Crippen molar-refractivity contribution in [2.24, 2.45) is 5.92 Å². The molecule has 2 aromatic carbocycles. The zero-order valence-electron chi connectivity index (χ0n) is 17.0. The molecule has 1 saturated heterocycles. The van der Waals surface area contributed by atoms with E-state index in [1.165, 1.54) is 29.4 Å². The van der Waals surface area contributed by atoms with E-state index < -0.39 is 15.8 Å². The molecule has 9 heteroatoms. The molecule has 1 aliphatic heterocycles. The number of sulfonamides is 1. The summed E-state index contributed by atoms with van der Waals surface area (Å²) in [4.78, 5) is 16.0. The van der Waals surface area contributed by atoms with Crippen LogP contribution in [0, 0.1) is 11.7 Å². The van der Waals surface area contributed by atoms with Crippen LogP contribution in [0.3, 0.4) is 0 Å². The average molecular weight is 444 g/mol. The number of rotatable bonds is 6. The molecule has 1 fully saturated rings. The minimum absolute atomic E-state index is 0.00608. The zero-order valence-corrected chi connectivity index (χ0v) is 17.8. The molecule has 0 spiro atoms. The summed E-state index contributed by atoms with van der Waals surface area (Å²) in [5.74, 6) is -0.0999. The monoisotopic (exact) mass is 443 g/mol. The van der Waals surface area contributed by atoms with Gasteiger partial charge in [0.25, 0.3) is 0 Å². The Morgan fingerprint density at radius 2 is 2.03 bits per heavy atom. The molecule has 0 saturated carbocycles. The Bertz CT molecular complexity index is 1210. The Balaban J connectivity index is 1.49. The maximum absolute atomic E-state index is 13.9. The van der Waals surface area contributed by atoms with E-state index in [2.05, 4.69) is 10.1 Å². The van der Waals surface area contributed by atoms with Gasteiger partial charge in [-0.1, -0.05) is 29.4 Å². The highest BCUT2D eigenvalue weighted by molar-refractivity contribution is 7.89. The van der Waals surface area contributed by atoms with Crippen molar-refractivity contribution in [3.8, 4) is 11.4 Å². The number of nitrogens with zero attached hydrogens (tertiary/aromatic N) is 3. The lowest BCUT2D eigenvalue weighted by Crippen LogP contribution is -2.40. The lowest BCUT2D eigenvalue weighted by molar-refractivity contribution is 0.101. The molecule has 3 aromatic rings. The van der Waals surface area contributed by atoms with Crippen molar-refractivity contribution < 1.29 is 22.1 Å². The molecule has 0 unspecified atom stereocenters. The van der Waals surface area contributed by atoms with E-state index in [-0.39, 0.29) is 28.0 Å². The van der Waals surface area contributed by atoms with Crippen molar-refractivity contribution in [1.29, 1.82) is 0 Å². The maximum atomic E-state index is 13.9. The molecule has 0 N–H and O–H groups in total. The second kappa shape index (κ2) is 8.68. The van der Waals surface area contributed by atoms with Crippen LogP contribution in [0.1, 0.15) is 36.0 Å². The van der Waals surface area contributed by atoms with E-state index in [0.717, 1.165) is 6.42 Å². The molecule has 1 atom stereocenters. The van der Waals surface area contributed by atoms with Crippen LogP contribution in [0.4, 0.5) is 4.39 Å². The van der Waals surface area contributed by atoms with Crippen LogP contribution < -0.4 is 0 Å². The quantitative estimate of drug-likeness (QED) is 0.539. The Hall–Kier alpha value is -2.91. The molecular formula is C22H22FN3O4S. The second-order valence-corrected chi connectivity index (χ2v) is 9.59. The largest absolute Gasteiger partial charge is 0.339 e. The van der Waals surface area contributed by atoms with Crippen molar-refractivity contribution in [3.63, 3.8) is 0 Å². The highest BCUT2D eigenvalue weighted by Gasteiger charge is 2.31. The number of carbonyl (C=O) groups excluding carboxylic acids is 1. The van der Waals surface area contributed by atoms with Crippen LogP contribution in [0.25, 0.3) is 11.4 Å². The molecule has 1 aromatic heterocycles. The molecule has 0 amide bonds. The number of halogens is 1. The van der Waals surface area contributed by atoms with Gasteiger partial charge in [0, 0.05) is 25.1 Å². The van der Waals surface area contributed by atoms with E-state index >= 15 is 0 Å². The Kier molecular flexibility index (Phi) is 5.97. The fourth-order valence-corrected chi connectivity index (χ4v) is 5.37. The van der Waals surface area contributed by atoms with Crippen molar-refractivity contribution in [3.05, 3.63) is 65.8 Å². The van der Waals surface area contributed by atoms with Crippen LogP contribution in [0.5, 0.6) is 0 Å². The number of piperidine rings is 1. The summed E-state index contributed by atoms with van der Waals surface area (Å²) in [6, 6.07) is 12.3. The van der Waals surface area contributed by atoms with Crippen LogP contribution in [-0.4, -0.2) is 41.7 Å².